The third kappa shape index (κ3) is 3.74. The van der Waals surface area contributed by atoms with Crippen LogP contribution in [0.25, 0.3) is 0 Å². The van der Waals surface area contributed by atoms with Gasteiger partial charge in [-0.15, -0.1) is 0 Å². The predicted octanol–water partition coefficient (Wildman–Crippen LogP) is 1.40. The lowest BCUT2D eigenvalue weighted by Gasteiger charge is -2.13. The first kappa shape index (κ1) is 15.3. The first-order valence-electron chi connectivity index (χ1n) is 6.43. The van der Waals surface area contributed by atoms with E-state index in [1.807, 2.05) is 25.1 Å². The summed E-state index contributed by atoms with van der Waals surface area (Å²) in [5.74, 6) is 0.336. The number of hydrogen-bond donors (Lipinski definition) is 2. The largest absolute Gasteiger partial charge is 0.496 e. The highest BCUT2D eigenvalue weighted by molar-refractivity contribution is 6.59. The third-order valence-electron chi connectivity index (χ3n) is 3.07. The number of methoxy groups -OCH3 is 1. The first-order chi connectivity index (χ1) is 10.0. The van der Waals surface area contributed by atoms with Crippen LogP contribution in [0.4, 0.5) is 4.39 Å². The molecule has 0 heterocycles. The minimum Gasteiger partial charge on any atom is -0.496 e. The van der Waals surface area contributed by atoms with E-state index in [-0.39, 0.29) is 17.8 Å². The molecular formula is C15H16BFO4. The molecule has 0 saturated carbocycles. The number of ether oxygens (including phenoxy) is 2. The fourth-order valence-electron chi connectivity index (χ4n) is 2.03. The van der Waals surface area contributed by atoms with Crippen molar-refractivity contribution >= 4 is 12.6 Å². The Balaban J connectivity index is 2.22. The molecule has 0 unspecified atom stereocenters. The summed E-state index contributed by atoms with van der Waals surface area (Å²) in [4.78, 5) is 0. The molecule has 0 atom stereocenters. The summed E-state index contributed by atoms with van der Waals surface area (Å²) >= 11 is 0. The maximum absolute atomic E-state index is 13.1. The number of benzene rings is 2. The van der Waals surface area contributed by atoms with E-state index in [1.165, 1.54) is 12.1 Å². The van der Waals surface area contributed by atoms with E-state index in [4.69, 9.17) is 9.47 Å². The molecule has 0 amide bonds. The van der Waals surface area contributed by atoms with E-state index in [9.17, 15) is 14.4 Å². The highest BCUT2D eigenvalue weighted by Gasteiger charge is 2.18. The minimum absolute atomic E-state index is 0.0124. The highest BCUT2D eigenvalue weighted by atomic mass is 19.1. The van der Waals surface area contributed by atoms with E-state index in [2.05, 4.69) is 0 Å². The Hall–Kier alpha value is -2.05. The topological polar surface area (TPSA) is 58.9 Å². The van der Waals surface area contributed by atoms with Crippen LogP contribution in [-0.4, -0.2) is 24.3 Å². The summed E-state index contributed by atoms with van der Waals surface area (Å²) in [6, 6.07) is 9.27. The molecule has 0 bridgehead atoms. The van der Waals surface area contributed by atoms with Crippen LogP contribution in [0.3, 0.4) is 0 Å². The Morgan fingerprint density at radius 1 is 1.10 bits per heavy atom. The number of hydrogen-bond acceptors (Lipinski definition) is 4. The van der Waals surface area contributed by atoms with Gasteiger partial charge in [0.1, 0.15) is 23.9 Å². The predicted molar refractivity (Wildman–Crippen MR) is 78.3 cm³/mol. The molecule has 2 aromatic carbocycles. The molecule has 0 fully saturated rings. The first-order valence-corrected chi connectivity index (χ1v) is 6.43. The minimum atomic E-state index is -1.80. The molecular weight excluding hydrogens is 274 g/mol. The number of rotatable bonds is 5. The third-order valence-corrected chi connectivity index (χ3v) is 3.07. The average molecular weight is 290 g/mol. The molecule has 0 aromatic heterocycles. The van der Waals surface area contributed by atoms with Crippen LogP contribution < -0.4 is 14.9 Å². The Kier molecular flexibility index (Phi) is 4.83. The second kappa shape index (κ2) is 6.60. The molecule has 0 saturated heterocycles. The van der Waals surface area contributed by atoms with Crippen molar-refractivity contribution in [3.05, 3.63) is 53.3 Å². The monoisotopic (exact) mass is 290 g/mol. The van der Waals surface area contributed by atoms with Gasteiger partial charge in [-0.2, -0.15) is 0 Å². The second-order valence-corrected chi connectivity index (χ2v) is 4.66. The van der Waals surface area contributed by atoms with Gasteiger partial charge in [-0.25, -0.2) is 4.39 Å². The van der Waals surface area contributed by atoms with Crippen LogP contribution in [0.5, 0.6) is 11.5 Å². The highest BCUT2D eigenvalue weighted by Crippen LogP contribution is 2.21. The Bertz CT molecular complexity index is 631. The summed E-state index contributed by atoms with van der Waals surface area (Å²) in [5, 5.41) is 18.5. The molecule has 2 rings (SSSR count). The summed E-state index contributed by atoms with van der Waals surface area (Å²) in [6.07, 6.45) is 0. The summed E-state index contributed by atoms with van der Waals surface area (Å²) < 4.78 is 24.0. The zero-order chi connectivity index (χ0) is 15.4. The molecule has 6 heteroatoms. The van der Waals surface area contributed by atoms with Gasteiger partial charge in [-0.1, -0.05) is 11.6 Å². The van der Waals surface area contributed by atoms with Crippen molar-refractivity contribution in [3.63, 3.8) is 0 Å². The van der Waals surface area contributed by atoms with E-state index < -0.39 is 12.9 Å². The van der Waals surface area contributed by atoms with Gasteiger partial charge in [0.15, 0.2) is 0 Å². The molecule has 2 N–H and O–H groups in total. The van der Waals surface area contributed by atoms with Crippen molar-refractivity contribution in [2.45, 2.75) is 13.5 Å². The Labute approximate surface area is 122 Å². The van der Waals surface area contributed by atoms with E-state index in [1.54, 1.807) is 7.11 Å². The molecule has 0 spiro atoms. The molecule has 0 aliphatic carbocycles. The Morgan fingerprint density at radius 2 is 1.81 bits per heavy atom. The Morgan fingerprint density at radius 3 is 2.48 bits per heavy atom. The molecule has 0 aliphatic rings. The maximum Gasteiger partial charge on any atom is 0.492 e. The van der Waals surface area contributed by atoms with Crippen molar-refractivity contribution in [3.8, 4) is 11.5 Å². The molecule has 4 nitrogen and oxygen atoms in total. The fourth-order valence-corrected chi connectivity index (χ4v) is 2.03. The van der Waals surface area contributed by atoms with Crippen molar-refractivity contribution in [1.82, 2.24) is 0 Å². The number of halogens is 1. The van der Waals surface area contributed by atoms with Gasteiger partial charge in [0.25, 0.3) is 0 Å². The van der Waals surface area contributed by atoms with Gasteiger partial charge in [-0.3, -0.25) is 0 Å². The summed E-state index contributed by atoms with van der Waals surface area (Å²) in [7, 11) is -0.232. The molecule has 0 radical (unpaired) electrons. The van der Waals surface area contributed by atoms with Gasteiger partial charge in [-0.05, 0) is 37.3 Å². The van der Waals surface area contributed by atoms with Gasteiger partial charge in [0.05, 0.1) is 7.11 Å². The quantitative estimate of drug-likeness (QED) is 0.817. The molecule has 0 aliphatic heterocycles. The summed E-state index contributed by atoms with van der Waals surface area (Å²) in [5.41, 5.74) is 1.86. The van der Waals surface area contributed by atoms with Gasteiger partial charge >= 0.3 is 7.12 Å². The lowest BCUT2D eigenvalue weighted by Crippen LogP contribution is -2.31. The van der Waals surface area contributed by atoms with Crippen molar-refractivity contribution in [2.24, 2.45) is 0 Å². The van der Waals surface area contributed by atoms with Crippen LogP contribution in [0.1, 0.15) is 11.1 Å². The van der Waals surface area contributed by atoms with Crippen LogP contribution in [-0.2, 0) is 6.61 Å². The van der Waals surface area contributed by atoms with Crippen molar-refractivity contribution < 1.29 is 23.9 Å². The fraction of sp³-hybridized carbons (Fsp3) is 0.200. The zero-order valence-corrected chi connectivity index (χ0v) is 11.8. The van der Waals surface area contributed by atoms with Crippen LogP contribution >= 0.6 is 0 Å². The number of aryl methyl sites for hydroxylation is 1. The standard InChI is InChI=1S/C15H16BFO4/c1-10-3-5-14(20-2)11(7-10)9-21-15-6-4-12(17)8-13(15)16(18)19/h3-8,18-19H,9H2,1-2H3. The van der Waals surface area contributed by atoms with Crippen LogP contribution in [0.15, 0.2) is 36.4 Å². The smallest absolute Gasteiger partial charge is 0.492 e. The normalized spacial score (nSPS) is 10.3. The van der Waals surface area contributed by atoms with E-state index >= 15 is 0 Å². The lowest BCUT2D eigenvalue weighted by molar-refractivity contribution is 0.297. The van der Waals surface area contributed by atoms with Crippen LogP contribution in [0, 0.1) is 12.7 Å². The van der Waals surface area contributed by atoms with Crippen molar-refractivity contribution in [1.29, 1.82) is 0 Å². The SMILES string of the molecule is COc1ccc(C)cc1COc1ccc(F)cc1B(O)O. The van der Waals surface area contributed by atoms with E-state index in [0.717, 1.165) is 17.2 Å². The summed E-state index contributed by atoms with van der Waals surface area (Å²) in [6.45, 7) is 2.12. The van der Waals surface area contributed by atoms with Gasteiger partial charge < -0.3 is 19.5 Å². The lowest BCUT2D eigenvalue weighted by atomic mass is 9.79. The average Bonchev–Trinajstić information content (AvgIpc) is 2.46. The molecule has 110 valence electrons. The molecule has 21 heavy (non-hydrogen) atoms. The van der Waals surface area contributed by atoms with Gasteiger partial charge in [0.2, 0.25) is 0 Å². The zero-order valence-electron chi connectivity index (χ0n) is 11.8. The van der Waals surface area contributed by atoms with Crippen LogP contribution in [0.2, 0.25) is 0 Å². The van der Waals surface area contributed by atoms with E-state index in [0.29, 0.717) is 5.75 Å². The second-order valence-electron chi connectivity index (χ2n) is 4.66. The van der Waals surface area contributed by atoms with Gasteiger partial charge in [0, 0.05) is 11.0 Å². The maximum atomic E-state index is 13.1. The molecule has 2 aromatic rings. The van der Waals surface area contributed by atoms with Crippen molar-refractivity contribution in [2.75, 3.05) is 7.11 Å².